The molecule has 112 valence electrons. The Morgan fingerprint density at radius 3 is 2.62 bits per heavy atom. The zero-order valence-corrected chi connectivity index (χ0v) is 12.7. The first-order chi connectivity index (χ1) is 10.2. The van der Waals surface area contributed by atoms with Crippen LogP contribution in [0, 0.1) is 12.3 Å². The van der Waals surface area contributed by atoms with Gasteiger partial charge in [-0.15, -0.1) is 12.3 Å². The van der Waals surface area contributed by atoms with Gasteiger partial charge in [0.15, 0.2) is 0 Å². The first-order valence-electron chi connectivity index (χ1n) is 7.73. The first-order valence-corrected chi connectivity index (χ1v) is 7.73. The van der Waals surface area contributed by atoms with Crippen LogP contribution in [-0.4, -0.2) is 25.0 Å². The molecule has 21 heavy (non-hydrogen) atoms. The highest BCUT2D eigenvalue weighted by Gasteiger charge is 2.41. The molecule has 0 saturated carbocycles. The fourth-order valence-electron chi connectivity index (χ4n) is 3.02. The average Bonchev–Trinajstić information content (AvgIpc) is 2.55. The van der Waals surface area contributed by atoms with Crippen molar-refractivity contribution in [3.63, 3.8) is 0 Å². The molecule has 2 N–H and O–H groups in total. The highest BCUT2D eigenvalue weighted by Crippen LogP contribution is 2.34. The number of nitrogens with one attached hydrogen (secondary N) is 2. The molecule has 0 radical (unpaired) electrons. The van der Waals surface area contributed by atoms with E-state index in [0.717, 1.165) is 37.9 Å². The molecule has 0 aliphatic carbocycles. The lowest BCUT2D eigenvalue weighted by molar-refractivity contribution is -0.128. The van der Waals surface area contributed by atoms with Gasteiger partial charge in [-0.1, -0.05) is 37.3 Å². The van der Waals surface area contributed by atoms with Crippen molar-refractivity contribution >= 4 is 5.91 Å². The molecule has 0 spiro atoms. The Hall–Kier alpha value is -1.79. The summed E-state index contributed by atoms with van der Waals surface area (Å²) in [7, 11) is 0. The second-order valence-electron chi connectivity index (χ2n) is 5.69. The molecule has 0 bridgehead atoms. The Labute approximate surface area is 127 Å². The molecular formula is C18H24N2O. The van der Waals surface area contributed by atoms with Crippen molar-refractivity contribution in [1.29, 1.82) is 0 Å². The summed E-state index contributed by atoms with van der Waals surface area (Å²) in [5.41, 5.74) is 0.689. The van der Waals surface area contributed by atoms with Gasteiger partial charge in [0.05, 0.1) is 5.41 Å². The van der Waals surface area contributed by atoms with Gasteiger partial charge in [0, 0.05) is 12.5 Å². The molecule has 1 atom stereocenters. The summed E-state index contributed by atoms with van der Waals surface area (Å²) in [4.78, 5) is 13.0. The van der Waals surface area contributed by atoms with Crippen LogP contribution in [-0.2, 0) is 10.2 Å². The van der Waals surface area contributed by atoms with Gasteiger partial charge in [0.1, 0.15) is 0 Å². The van der Waals surface area contributed by atoms with Gasteiger partial charge < -0.3 is 10.6 Å². The van der Waals surface area contributed by atoms with E-state index in [9.17, 15) is 4.79 Å². The molecule has 1 unspecified atom stereocenters. The first kappa shape index (κ1) is 15.6. The number of terminal acetylenes is 1. The molecule has 0 aromatic heterocycles. The zero-order chi connectivity index (χ0) is 15.1. The number of piperidine rings is 1. The van der Waals surface area contributed by atoms with Crippen molar-refractivity contribution in [2.45, 2.75) is 44.1 Å². The smallest absolute Gasteiger partial charge is 0.231 e. The van der Waals surface area contributed by atoms with Crippen LogP contribution in [0.3, 0.4) is 0 Å². The molecule has 2 rings (SSSR count). The van der Waals surface area contributed by atoms with E-state index in [1.807, 2.05) is 18.2 Å². The number of hydrogen-bond donors (Lipinski definition) is 2. The summed E-state index contributed by atoms with van der Waals surface area (Å²) < 4.78 is 0. The lowest BCUT2D eigenvalue weighted by Gasteiger charge is -2.37. The highest BCUT2D eigenvalue weighted by molar-refractivity contribution is 5.88. The van der Waals surface area contributed by atoms with Gasteiger partial charge in [-0.25, -0.2) is 0 Å². The van der Waals surface area contributed by atoms with Gasteiger partial charge in [-0.2, -0.15) is 0 Å². The summed E-state index contributed by atoms with van der Waals surface area (Å²) in [5, 5.41) is 6.51. The van der Waals surface area contributed by atoms with Gasteiger partial charge in [-0.3, -0.25) is 4.79 Å². The SMILES string of the molecule is C#CCC(CC)NC(=O)C1(c2ccccc2)CCNCC1. The molecule has 1 aromatic rings. The minimum atomic E-state index is -0.422. The normalized spacial score (nSPS) is 18.5. The molecule has 3 heteroatoms. The average molecular weight is 284 g/mol. The van der Waals surface area contributed by atoms with Crippen LogP contribution in [0.2, 0.25) is 0 Å². The van der Waals surface area contributed by atoms with Crippen LogP contribution in [0.4, 0.5) is 0 Å². The number of benzene rings is 1. The summed E-state index contributed by atoms with van der Waals surface area (Å²) in [6, 6.07) is 10.2. The molecule has 1 aliphatic rings. The molecular weight excluding hydrogens is 260 g/mol. The Balaban J connectivity index is 2.24. The predicted octanol–water partition coefficient (Wildman–Crippen LogP) is 2.23. The minimum Gasteiger partial charge on any atom is -0.352 e. The van der Waals surface area contributed by atoms with Gasteiger partial charge in [0.25, 0.3) is 0 Å². The van der Waals surface area contributed by atoms with Crippen molar-refractivity contribution in [2.24, 2.45) is 0 Å². The van der Waals surface area contributed by atoms with Crippen LogP contribution >= 0.6 is 0 Å². The van der Waals surface area contributed by atoms with Crippen molar-refractivity contribution in [3.8, 4) is 12.3 Å². The van der Waals surface area contributed by atoms with E-state index in [0.29, 0.717) is 6.42 Å². The van der Waals surface area contributed by atoms with E-state index in [1.54, 1.807) is 0 Å². The van der Waals surface area contributed by atoms with Crippen molar-refractivity contribution in [2.75, 3.05) is 13.1 Å². The van der Waals surface area contributed by atoms with E-state index in [-0.39, 0.29) is 11.9 Å². The quantitative estimate of drug-likeness (QED) is 0.814. The van der Waals surface area contributed by atoms with Crippen LogP contribution in [0.25, 0.3) is 0 Å². The van der Waals surface area contributed by atoms with Gasteiger partial charge in [0.2, 0.25) is 5.91 Å². The lowest BCUT2D eigenvalue weighted by Crippen LogP contribution is -2.52. The van der Waals surface area contributed by atoms with Crippen LogP contribution in [0.5, 0.6) is 0 Å². The van der Waals surface area contributed by atoms with Gasteiger partial charge in [-0.05, 0) is 37.9 Å². The largest absolute Gasteiger partial charge is 0.352 e. The van der Waals surface area contributed by atoms with Gasteiger partial charge >= 0.3 is 0 Å². The second-order valence-corrected chi connectivity index (χ2v) is 5.69. The monoisotopic (exact) mass is 284 g/mol. The molecule has 1 fully saturated rings. The molecule has 1 amide bonds. The third kappa shape index (κ3) is 3.46. The Morgan fingerprint density at radius 1 is 1.38 bits per heavy atom. The standard InChI is InChI=1S/C18H24N2O/c1-3-8-16(4-2)20-17(21)18(11-13-19-14-12-18)15-9-6-5-7-10-15/h1,5-7,9-10,16,19H,4,8,11-14H2,2H3,(H,20,21). The number of rotatable bonds is 5. The topological polar surface area (TPSA) is 41.1 Å². The van der Waals surface area contributed by atoms with Crippen molar-refractivity contribution < 1.29 is 4.79 Å². The second kappa shape index (κ2) is 7.28. The maximum absolute atomic E-state index is 13.0. The number of hydrogen-bond acceptors (Lipinski definition) is 2. The van der Waals surface area contributed by atoms with Crippen LogP contribution in [0.1, 0.15) is 38.2 Å². The zero-order valence-electron chi connectivity index (χ0n) is 12.7. The third-order valence-corrected chi connectivity index (χ3v) is 4.41. The fourth-order valence-corrected chi connectivity index (χ4v) is 3.02. The summed E-state index contributed by atoms with van der Waals surface area (Å²) >= 11 is 0. The minimum absolute atomic E-state index is 0.0676. The Morgan fingerprint density at radius 2 is 2.05 bits per heavy atom. The maximum Gasteiger partial charge on any atom is 0.231 e. The maximum atomic E-state index is 13.0. The highest BCUT2D eigenvalue weighted by atomic mass is 16.2. The Kier molecular flexibility index (Phi) is 5.41. The number of carbonyl (C=O) groups is 1. The third-order valence-electron chi connectivity index (χ3n) is 4.41. The van der Waals surface area contributed by atoms with E-state index < -0.39 is 5.41 Å². The molecule has 1 aliphatic heterocycles. The number of amides is 1. The number of carbonyl (C=O) groups excluding carboxylic acids is 1. The summed E-state index contributed by atoms with van der Waals surface area (Å²) in [6.45, 7) is 3.79. The van der Waals surface area contributed by atoms with Crippen LogP contribution in [0.15, 0.2) is 30.3 Å². The predicted molar refractivity (Wildman–Crippen MR) is 85.9 cm³/mol. The van der Waals surface area contributed by atoms with Crippen molar-refractivity contribution in [1.82, 2.24) is 10.6 Å². The molecule has 3 nitrogen and oxygen atoms in total. The van der Waals surface area contributed by atoms with Crippen LogP contribution < -0.4 is 10.6 Å². The lowest BCUT2D eigenvalue weighted by atomic mass is 9.72. The van der Waals surface area contributed by atoms with E-state index >= 15 is 0 Å². The van der Waals surface area contributed by atoms with Crippen molar-refractivity contribution in [3.05, 3.63) is 35.9 Å². The Bertz CT molecular complexity index is 498. The fraction of sp³-hybridized carbons (Fsp3) is 0.500. The molecule has 1 heterocycles. The molecule has 1 saturated heterocycles. The van der Waals surface area contributed by atoms with E-state index in [4.69, 9.17) is 6.42 Å². The molecule has 1 aromatic carbocycles. The van der Waals surface area contributed by atoms with E-state index in [1.165, 1.54) is 0 Å². The van der Waals surface area contributed by atoms with E-state index in [2.05, 4.69) is 35.6 Å². The summed E-state index contributed by atoms with van der Waals surface area (Å²) in [5.74, 6) is 2.77. The summed E-state index contributed by atoms with van der Waals surface area (Å²) in [6.07, 6.45) is 8.50.